The van der Waals surface area contributed by atoms with Crippen LogP contribution in [-0.2, 0) is 0 Å². The maximum absolute atomic E-state index is 10.3. The minimum absolute atomic E-state index is 0.0705. The van der Waals surface area contributed by atoms with Crippen LogP contribution in [0.2, 0.25) is 0 Å². The minimum Gasteiger partial charge on any atom is -0.392 e. The molecule has 0 aliphatic carbocycles. The topological polar surface area (TPSA) is 46.2 Å². The van der Waals surface area contributed by atoms with E-state index in [0.717, 1.165) is 12.8 Å². The van der Waals surface area contributed by atoms with E-state index in [9.17, 15) is 5.11 Å². The van der Waals surface area contributed by atoms with Gasteiger partial charge in [0.05, 0.1) is 6.10 Å². The number of aliphatic hydroxyl groups excluding tert-OH is 1. The van der Waals surface area contributed by atoms with Crippen LogP contribution in [0.25, 0.3) is 0 Å². The molecule has 18 heavy (non-hydrogen) atoms. The Kier molecular flexibility index (Phi) is 6.37. The van der Waals surface area contributed by atoms with Gasteiger partial charge in [0.2, 0.25) is 0 Å². The predicted molar refractivity (Wildman–Crippen MR) is 77.9 cm³/mol. The lowest BCUT2D eigenvalue weighted by Crippen LogP contribution is -2.26. The van der Waals surface area contributed by atoms with Gasteiger partial charge < -0.3 is 10.8 Å². The summed E-state index contributed by atoms with van der Waals surface area (Å²) in [5.41, 5.74) is 9.57. The number of rotatable bonds is 7. The van der Waals surface area contributed by atoms with Crippen molar-refractivity contribution in [1.82, 2.24) is 0 Å². The van der Waals surface area contributed by atoms with E-state index >= 15 is 0 Å². The van der Waals surface area contributed by atoms with Crippen molar-refractivity contribution in [3.05, 3.63) is 34.9 Å². The van der Waals surface area contributed by atoms with E-state index in [4.69, 9.17) is 5.73 Å². The third-order valence-corrected chi connectivity index (χ3v) is 3.78. The van der Waals surface area contributed by atoms with Crippen LogP contribution in [0.1, 0.15) is 55.2 Å². The van der Waals surface area contributed by atoms with Crippen LogP contribution in [0.5, 0.6) is 0 Å². The first-order valence-electron chi connectivity index (χ1n) is 7.05. The SMILES string of the molecule is CCCCCC(O)C(CN)c1ccc(C)c(C)c1. The second-order valence-electron chi connectivity index (χ2n) is 5.25. The van der Waals surface area contributed by atoms with Crippen LogP contribution in [0.3, 0.4) is 0 Å². The Morgan fingerprint density at radius 2 is 1.89 bits per heavy atom. The fourth-order valence-electron chi connectivity index (χ4n) is 2.32. The first-order valence-corrected chi connectivity index (χ1v) is 7.05. The van der Waals surface area contributed by atoms with E-state index in [1.807, 2.05) is 0 Å². The standard InChI is InChI=1S/C16H27NO/c1-4-5-6-7-16(18)15(11-17)14-9-8-12(2)13(3)10-14/h8-10,15-16,18H,4-7,11,17H2,1-3H3. The molecule has 0 aliphatic heterocycles. The molecule has 102 valence electrons. The van der Waals surface area contributed by atoms with E-state index in [-0.39, 0.29) is 12.0 Å². The maximum Gasteiger partial charge on any atom is 0.0620 e. The van der Waals surface area contributed by atoms with Gasteiger partial charge in [-0.25, -0.2) is 0 Å². The van der Waals surface area contributed by atoms with Crippen LogP contribution in [-0.4, -0.2) is 17.8 Å². The highest BCUT2D eigenvalue weighted by molar-refractivity contribution is 5.32. The molecule has 0 saturated heterocycles. The number of unbranched alkanes of at least 4 members (excludes halogenated alkanes) is 2. The molecule has 0 fully saturated rings. The first-order chi connectivity index (χ1) is 8.60. The molecule has 2 nitrogen and oxygen atoms in total. The van der Waals surface area contributed by atoms with Gasteiger partial charge in [0.1, 0.15) is 0 Å². The molecule has 2 unspecified atom stereocenters. The monoisotopic (exact) mass is 249 g/mol. The number of hydrogen-bond donors (Lipinski definition) is 2. The Labute approximate surface area is 111 Å². The summed E-state index contributed by atoms with van der Waals surface area (Å²) in [6.45, 7) is 6.90. The van der Waals surface area contributed by atoms with Crippen molar-refractivity contribution in [2.24, 2.45) is 5.73 Å². The van der Waals surface area contributed by atoms with Crippen molar-refractivity contribution in [3.63, 3.8) is 0 Å². The van der Waals surface area contributed by atoms with E-state index in [0.29, 0.717) is 6.54 Å². The molecule has 0 bridgehead atoms. The van der Waals surface area contributed by atoms with Gasteiger partial charge >= 0.3 is 0 Å². The van der Waals surface area contributed by atoms with Crippen LogP contribution in [0, 0.1) is 13.8 Å². The Balaban J connectivity index is 2.72. The summed E-state index contributed by atoms with van der Waals surface area (Å²) in [5, 5.41) is 10.3. The van der Waals surface area contributed by atoms with Gasteiger partial charge in [-0.2, -0.15) is 0 Å². The van der Waals surface area contributed by atoms with Crippen LogP contribution >= 0.6 is 0 Å². The number of aryl methyl sites for hydroxylation is 2. The van der Waals surface area contributed by atoms with Gasteiger partial charge in [-0.05, 0) is 37.0 Å². The van der Waals surface area contributed by atoms with E-state index in [1.165, 1.54) is 29.5 Å². The Morgan fingerprint density at radius 3 is 2.44 bits per heavy atom. The summed E-state index contributed by atoms with van der Waals surface area (Å²) in [6.07, 6.45) is 3.98. The molecule has 2 heteroatoms. The molecular weight excluding hydrogens is 222 g/mol. The summed E-state index contributed by atoms with van der Waals surface area (Å²) in [4.78, 5) is 0. The van der Waals surface area contributed by atoms with Crippen LogP contribution in [0.4, 0.5) is 0 Å². The number of aliphatic hydroxyl groups is 1. The average Bonchev–Trinajstić information content (AvgIpc) is 2.35. The minimum atomic E-state index is -0.316. The lowest BCUT2D eigenvalue weighted by atomic mass is 9.89. The summed E-state index contributed by atoms with van der Waals surface area (Å²) >= 11 is 0. The fourth-order valence-corrected chi connectivity index (χ4v) is 2.32. The zero-order valence-corrected chi connectivity index (χ0v) is 11.9. The molecule has 1 aromatic carbocycles. The number of hydrogen-bond acceptors (Lipinski definition) is 2. The van der Waals surface area contributed by atoms with Gasteiger partial charge in [-0.15, -0.1) is 0 Å². The lowest BCUT2D eigenvalue weighted by molar-refractivity contribution is 0.132. The van der Waals surface area contributed by atoms with Crippen molar-refractivity contribution in [2.75, 3.05) is 6.54 Å². The van der Waals surface area contributed by atoms with Crippen molar-refractivity contribution in [1.29, 1.82) is 0 Å². The van der Waals surface area contributed by atoms with Crippen molar-refractivity contribution in [3.8, 4) is 0 Å². The van der Waals surface area contributed by atoms with Gasteiger partial charge in [0.15, 0.2) is 0 Å². The molecular formula is C16H27NO. The molecule has 0 spiro atoms. The zero-order chi connectivity index (χ0) is 13.5. The Bertz CT molecular complexity index is 362. The summed E-state index contributed by atoms with van der Waals surface area (Å²) in [5.74, 6) is 0.0705. The molecule has 0 heterocycles. The molecule has 0 radical (unpaired) electrons. The molecule has 0 saturated carbocycles. The highest BCUT2D eigenvalue weighted by Gasteiger charge is 2.19. The molecule has 3 N–H and O–H groups in total. The van der Waals surface area contributed by atoms with Crippen molar-refractivity contribution < 1.29 is 5.11 Å². The maximum atomic E-state index is 10.3. The summed E-state index contributed by atoms with van der Waals surface area (Å²) < 4.78 is 0. The molecule has 2 atom stereocenters. The quantitative estimate of drug-likeness (QED) is 0.728. The van der Waals surface area contributed by atoms with Crippen molar-refractivity contribution >= 4 is 0 Å². The summed E-state index contributed by atoms with van der Waals surface area (Å²) in [7, 11) is 0. The Morgan fingerprint density at radius 1 is 1.17 bits per heavy atom. The van der Waals surface area contributed by atoms with Gasteiger partial charge in [-0.1, -0.05) is 44.4 Å². The third kappa shape index (κ3) is 4.11. The number of benzene rings is 1. The molecule has 0 aromatic heterocycles. The highest BCUT2D eigenvalue weighted by Crippen LogP contribution is 2.24. The van der Waals surface area contributed by atoms with Crippen LogP contribution < -0.4 is 5.73 Å². The van der Waals surface area contributed by atoms with Gasteiger partial charge in [0, 0.05) is 12.5 Å². The van der Waals surface area contributed by atoms with E-state index < -0.39 is 0 Å². The number of nitrogens with two attached hydrogens (primary N) is 1. The summed E-state index contributed by atoms with van der Waals surface area (Å²) in [6, 6.07) is 6.38. The first kappa shape index (κ1) is 15.2. The van der Waals surface area contributed by atoms with Gasteiger partial charge in [-0.3, -0.25) is 0 Å². The second-order valence-corrected chi connectivity index (χ2v) is 5.25. The zero-order valence-electron chi connectivity index (χ0n) is 11.9. The van der Waals surface area contributed by atoms with Crippen LogP contribution in [0.15, 0.2) is 18.2 Å². The molecule has 1 aromatic rings. The van der Waals surface area contributed by atoms with Crippen molar-refractivity contribution in [2.45, 2.75) is 58.5 Å². The predicted octanol–water partition coefficient (Wildman–Crippen LogP) is 3.29. The van der Waals surface area contributed by atoms with Gasteiger partial charge in [0.25, 0.3) is 0 Å². The lowest BCUT2D eigenvalue weighted by Gasteiger charge is -2.22. The normalized spacial score (nSPS) is 14.5. The fraction of sp³-hybridized carbons (Fsp3) is 0.625. The van der Waals surface area contributed by atoms with E-state index in [1.54, 1.807) is 0 Å². The third-order valence-electron chi connectivity index (χ3n) is 3.78. The Hall–Kier alpha value is -0.860. The molecule has 0 aliphatic rings. The largest absolute Gasteiger partial charge is 0.392 e. The van der Waals surface area contributed by atoms with E-state index in [2.05, 4.69) is 39.0 Å². The smallest absolute Gasteiger partial charge is 0.0620 e. The average molecular weight is 249 g/mol. The second kappa shape index (κ2) is 7.55. The molecule has 0 amide bonds. The highest BCUT2D eigenvalue weighted by atomic mass is 16.3. The molecule has 1 rings (SSSR count).